The van der Waals surface area contributed by atoms with E-state index in [1.165, 1.54) is 7.11 Å². The molecule has 0 bridgehead atoms. The third kappa shape index (κ3) is 3.50. The minimum absolute atomic E-state index is 0.395. The van der Waals surface area contributed by atoms with E-state index in [1.54, 1.807) is 25.1 Å². The highest BCUT2D eigenvalue weighted by Crippen LogP contribution is 2.23. The number of carboxylic acid groups (broad SMARTS) is 2. The summed E-state index contributed by atoms with van der Waals surface area (Å²) in [4.78, 5) is 34.0. The lowest BCUT2D eigenvalue weighted by Crippen LogP contribution is -2.61. The molecule has 0 spiro atoms. The Hall–Kier alpha value is -2.57. The van der Waals surface area contributed by atoms with E-state index in [-0.39, 0.29) is 0 Å². The summed E-state index contributed by atoms with van der Waals surface area (Å²) in [6.07, 6.45) is -0.395. The number of carbonyl (C=O) groups excluding carboxylic acids is 1. The van der Waals surface area contributed by atoms with Crippen LogP contribution in [0.15, 0.2) is 18.2 Å². The smallest absolute Gasteiger partial charge is 0.341 e. The summed E-state index contributed by atoms with van der Waals surface area (Å²) in [5.74, 6) is -3.49. The van der Waals surface area contributed by atoms with Gasteiger partial charge in [0.1, 0.15) is 5.75 Å². The van der Waals surface area contributed by atoms with Crippen LogP contribution < -0.4 is 10.1 Å². The highest BCUT2D eigenvalue weighted by Gasteiger charge is 2.47. The van der Waals surface area contributed by atoms with Gasteiger partial charge in [0.25, 0.3) is 0 Å². The van der Waals surface area contributed by atoms with Gasteiger partial charge in [-0.05, 0) is 24.1 Å². The van der Waals surface area contributed by atoms with Crippen LogP contribution in [-0.4, -0.2) is 40.7 Å². The summed E-state index contributed by atoms with van der Waals surface area (Å²) in [7, 11) is 1.46. The van der Waals surface area contributed by atoms with Crippen molar-refractivity contribution in [3.63, 3.8) is 0 Å². The Balaban J connectivity index is 3.26. The molecule has 1 aromatic rings. The minimum Gasteiger partial charge on any atom is -0.496 e. The number of carbonyl (C=O) groups is 3. The van der Waals surface area contributed by atoms with Gasteiger partial charge < -0.3 is 20.3 Å². The Morgan fingerprint density at radius 2 is 1.81 bits per heavy atom. The predicted octanol–water partition coefficient (Wildman–Crippen LogP) is 0.590. The molecule has 3 N–H and O–H groups in total. The summed E-state index contributed by atoms with van der Waals surface area (Å²) in [5.41, 5.74) is -1.15. The molecule has 7 heteroatoms. The number of aryl methyl sites for hydroxylation is 1. The first-order chi connectivity index (χ1) is 9.72. The first-order valence-electron chi connectivity index (χ1n) is 6.12. The average molecular weight is 295 g/mol. The lowest BCUT2D eigenvalue weighted by Gasteiger charge is -2.25. The van der Waals surface area contributed by atoms with Gasteiger partial charge in [-0.2, -0.15) is 0 Å². The maximum atomic E-state index is 11.4. The van der Waals surface area contributed by atoms with Crippen molar-refractivity contribution in [2.45, 2.75) is 25.8 Å². The van der Waals surface area contributed by atoms with Gasteiger partial charge in [-0.3, -0.25) is 4.79 Å². The van der Waals surface area contributed by atoms with E-state index >= 15 is 0 Å². The second kappa shape index (κ2) is 6.25. The van der Waals surface area contributed by atoms with Crippen LogP contribution in [0, 0.1) is 6.92 Å². The zero-order chi connectivity index (χ0) is 16.2. The van der Waals surface area contributed by atoms with Crippen LogP contribution in [0.25, 0.3) is 0 Å². The Bertz CT molecular complexity index is 567. The highest BCUT2D eigenvalue weighted by molar-refractivity contribution is 6.06. The van der Waals surface area contributed by atoms with Gasteiger partial charge in [-0.15, -0.1) is 0 Å². The van der Waals surface area contributed by atoms with Crippen LogP contribution in [-0.2, 0) is 20.8 Å². The fourth-order valence-corrected chi connectivity index (χ4v) is 1.97. The molecule has 1 rings (SSSR count). The third-order valence-electron chi connectivity index (χ3n) is 3.06. The summed E-state index contributed by atoms with van der Waals surface area (Å²) in [6.45, 7) is 2.87. The van der Waals surface area contributed by atoms with Gasteiger partial charge >= 0.3 is 11.9 Å². The van der Waals surface area contributed by atoms with Gasteiger partial charge in [0.2, 0.25) is 11.4 Å². The highest BCUT2D eigenvalue weighted by atomic mass is 16.5. The molecule has 1 amide bonds. The van der Waals surface area contributed by atoms with Gasteiger partial charge in [-0.1, -0.05) is 12.1 Å². The van der Waals surface area contributed by atoms with Crippen molar-refractivity contribution in [3.8, 4) is 5.75 Å². The third-order valence-corrected chi connectivity index (χ3v) is 3.06. The van der Waals surface area contributed by atoms with E-state index in [2.05, 4.69) is 0 Å². The first kappa shape index (κ1) is 16.5. The summed E-state index contributed by atoms with van der Waals surface area (Å²) in [6, 6.07) is 4.84. The number of methoxy groups -OCH3 is 1. The number of amides is 1. The molecule has 1 aromatic carbocycles. The topological polar surface area (TPSA) is 113 Å². The lowest BCUT2D eigenvalue weighted by atomic mass is 9.90. The molecular formula is C14H17NO6. The Labute approximate surface area is 121 Å². The monoisotopic (exact) mass is 295 g/mol. The van der Waals surface area contributed by atoms with E-state index in [1.807, 2.05) is 5.32 Å². The van der Waals surface area contributed by atoms with Crippen molar-refractivity contribution in [1.82, 2.24) is 5.32 Å². The molecule has 0 aliphatic carbocycles. The van der Waals surface area contributed by atoms with Crippen LogP contribution in [0.5, 0.6) is 5.75 Å². The SMILES string of the molecule is COc1cc(CC(NC(C)=O)(C(=O)O)C(=O)O)ccc1C. The van der Waals surface area contributed by atoms with Crippen molar-refractivity contribution in [2.75, 3.05) is 7.11 Å². The van der Waals surface area contributed by atoms with Gasteiger partial charge in [0.15, 0.2) is 0 Å². The molecular weight excluding hydrogens is 278 g/mol. The number of benzene rings is 1. The number of carboxylic acids is 2. The van der Waals surface area contributed by atoms with E-state index in [9.17, 15) is 24.6 Å². The second-order valence-corrected chi connectivity index (χ2v) is 4.68. The molecule has 0 aliphatic heterocycles. The molecule has 21 heavy (non-hydrogen) atoms. The second-order valence-electron chi connectivity index (χ2n) is 4.68. The Morgan fingerprint density at radius 1 is 1.24 bits per heavy atom. The van der Waals surface area contributed by atoms with Crippen molar-refractivity contribution < 1.29 is 29.3 Å². The zero-order valence-corrected chi connectivity index (χ0v) is 12.0. The number of hydrogen-bond donors (Lipinski definition) is 3. The minimum atomic E-state index is -2.41. The van der Waals surface area contributed by atoms with Crippen molar-refractivity contribution in [1.29, 1.82) is 0 Å². The van der Waals surface area contributed by atoms with Crippen LogP contribution in [0.2, 0.25) is 0 Å². The maximum Gasteiger partial charge on any atom is 0.341 e. The molecule has 0 fully saturated rings. The molecule has 0 radical (unpaired) electrons. The summed E-state index contributed by atoms with van der Waals surface area (Å²) in [5, 5.41) is 20.5. The van der Waals surface area contributed by atoms with E-state index < -0.39 is 29.8 Å². The van der Waals surface area contributed by atoms with Crippen LogP contribution >= 0.6 is 0 Å². The molecule has 0 unspecified atom stereocenters. The van der Waals surface area contributed by atoms with E-state index in [4.69, 9.17) is 4.74 Å². The summed E-state index contributed by atoms with van der Waals surface area (Å²) >= 11 is 0. The van der Waals surface area contributed by atoms with E-state index in [0.29, 0.717) is 11.3 Å². The van der Waals surface area contributed by atoms with Crippen LogP contribution in [0.3, 0.4) is 0 Å². The quantitative estimate of drug-likeness (QED) is 0.662. The fourth-order valence-electron chi connectivity index (χ4n) is 1.97. The number of ether oxygens (including phenoxy) is 1. The molecule has 0 saturated carbocycles. The number of rotatable bonds is 6. The van der Waals surface area contributed by atoms with Crippen LogP contribution in [0.4, 0.5) is 0 Å². The Morgan fingerprint density at radius 3 is 2.24 bits per heavy atom. The maximum absolute atomic E-state index is 11.4. The molecule has 0 aromatic heterocycles. The normalized spacial score (nSPS) is 10.8. The number of hydrogen-bond acceptors (Lipinski definition) is 4. The first-order valence-corrected chi connectivity index (χ1v) is 6.12. The zero-order valence-electron chi connectivity index (χ0n) is 12.0. The standard InChI is InChI=1S/C14H17NO6/c1-8-4-5-10(6-11(8)21-3)7-14(12(17)18,13(19)20)15-9(2)16/h4-6H,7H2,1-3H3,(H,15,16)(H,17,18)(H,19,20). The molecule has 7 nitrogen and oxygen atoms in total. The van der Waals surface area contributed by atoms with Crippen LogP contribution in [0.1, 0.15) is 18.1 Å². The molecule has 0 saturated heterocycles. The van der Waals surface area contributed by atoms with Crippen molar-refractivity contribution in [3.05, 3.63) is 29.3 Å². The van der Waals surface area contributed by atoms with E-state index in [0.717, 1.165) is 12.5 Å². The lowest BCUT2D eigenvalue weighted by molar-refractivity contribution is -0.161. The van der Waals surface area contributed by atoms with Crippen molar-refractivity contribution >= 4 is 17.8 Å². The molecule has 0 atom stereocenters. The van der Waals surface area contributed by atoms with Gasteiger partial charge in [-0.25, -0.2) is 9.59 Å². The molecule has 0 aliphatic rings. The fraction of sp³-hybridized carbons (Fsp3) is 0.357. The average Bonchev–Trinajstić information content (AvgIpc) is 2.38. The summed E-state index contributed by atoms with van der Waals surface area (Å²) < 4.78 is 5.12. The molecule has 114 valence electrons. The van der Waals surface area contributed by atoms with Gasteiger partial charge in [0.05, 0.1) is 7.11 Å². The number of nitrogens with one attached hydrogen (secondary N) is 1. The largest absolute Gasteiger partial charge is 0.496 e. The predicted molar refractivity (Wildman–Crippen MR) is 73.3 cm³/mol. The Kier molecular flexibility index (Phi) is 4.91. The molecule has 0 heterocycles. The number of aliphatic carboxylic acids is 2. The van der Waals surface area contributed by atoms with Crippen molar-refractivity contribution in [2.24, 2.45) is 0 Å². The van der Waals surface area contributed by atoms with Gasteiger partial charge in [0, 0.05) is 13.3 Å².